The van der Waals surface area contributed by atoms with Crippen molar-refractivity contribution in [3.8, 4) is 22.8 Å². The standard InChI is InChI=1S/C26H18N2O2.Pt/c29-24-13-4-3-10-21(24)22-12-5-8-18(28-22)16-27-23-15-17-7-1-2-9-19(17)20-11-6-14-25(30)26(20)23;/h1-16,29-30H;. The number of phenols is 2. The third-order valence-electron chi connectivity index (χ3n) is 5.13. The number of hydrogen-bond donors (Lipinski definition) is 2. The summed E-state index contributed by atoms with van der Waals surface area (Å²) in [6, 6.07) is 28.2. The number of fused-ring (bicyclic) bond motifs is 3. The summed E-state index contributed by atoms with van der Waals surface area (Å²) in [4.78, 5) is 9.27. The largest absolute Gasteiger partial charge is 0.507 e. The van der Waals surface area contributed by atoms with Gasteiger partial charge in [0.2, 0.25) is 0 Å². The zero-order valence-corrected chi connectivity index (χ0v) is 18.6. The van der Waals surface area contributed by atoms with Gasteiger partial charge < -0.3 is 10.2 Å². The molecule has 0 fully saturated rings. The summed E-state index contributed by atoms with van der Waals surface area (Å²) >= 11 is 0. The van der Waals surface area contributed by atoms with Crippen molar-refractivity contribution in [1.82, 2.24) is 4.98 Å². The summed E-state index contributed by atoms with van der Waals surface area (Å²) in [5.74, 6) is 0.380. The Morgan fingerprint density at radius 2 is 1.42 bits per heavy atom. The first-order valence-corrected chi connectivity index (χ1v) is 9.63. The second-order valence-electron chi connectivity index (χ2n) is 7.04. The second kappa shape index (κ2) is 8.71. The predicted molar refractivity (Wildman–Crippen MR) is 122 cm³/mol. The summed E-state index contributed by atoms with van der Waals surface area (Å²) in [5, 5.41) is 24.4. The van der Waals surface area contributed by atoms with Crippen molar-refractivity contribution in [3.05, 3.63) is 96.7 Å². The molecular weight excluding hydrogens is 567 g/mol. The number of hydrogen-bond acceptors (Lipinski definition) is 4. The maximum Gasteiger partial charge on any atom is 0.125 e. The van der Waals surface area contributed by atoms with Crippen LogP contribution in [0.1, 0.15) is 5.69 Å². The van der Waals surface area contributed by atoms with Crippen LogP contribution in [-0.4, -0.2) is 21.4 Å². The first-order chi connectivity index (χ1) is 14.7. The minimum absolute atomic E-state index is 0. The third kappa shape index (κ3) is 3.95. The minimum atomic E-state index is 0. The van der Waals surface area contributed by atoms with Gasteiger partial charge in [0.25, 0.3) is 0 Å². The molecule has 5 aromatic rings. The summed E-state index contributed by atoms with van der Waals surface area (Å²) in [6.45, 7) is 0. The van der Waals surface area contributed by atoms with Crippen LogP contribution >= 0.6 is 0 Å². The zero-order chi connectivity index (χ0) is 20.5. The van der Waals surface area contributed by atoms with Gasteiger partial charge in [0, 0.05) is 32.0 Å². The van der Waals surface area contributed by atoms with E-state index >= 15 is 0 Å². The molecule has 0 bridgehead atoms. The van der Waals surface area contributed by atoms with Gasteiger partial charge in [-0.2, -0.15) is 0 Å². The van der Waals surface area contributed by atoms with E-state index in [0.717, 1.165) is 16.2 Å². The van der Waals surface area contributed by atoms with E-state index in [1.165, 1.54) is 0 Å². The molecule has 2 N–H and O–H groups in total. The number of benzene rings is 4. The number of nitrogens with zero attached hydrogens (tertiary/aromatic N) is 2. The molecule has 0 atom stereocenters. The first kappa shape index (κ1) is 20.8. The topological polar surface area (TPSA) is 65.7 Å². The Kier molecular flexibility index (Phi) is 5.83. The van der Waals surface area contributed by atoms with Gasteiger partial charge in [0.05, 0.1) is 23.3 Å². The molecular formula is C26H18N2O2Pt. The molecule has 1 aromatic heterocycles. The van der Waals surface area contributed by atoms with Crippen molar-refractivity contribution in [3.63, 3.8) is 0 Å². The van der Waals surface area contributed by atoms with Gasteiger partial charge in [-0.15, -0.1) is 0 Å². The van der Waals surface area contributed by atoms with E-state index in [1.54, 1.807) is 24.4 Å². The van der Waals surface area contributed by atoms with Gasteiger partial charge in [-0.05, 0) is 52.6 Å². The van der Waals surface area contributed by atoms with Crippen LogP contribution in [0.4, 0.5) is 5.69 Å². The predicted octanol–water partition coefficient (Wildman–Crippen LogP) is 6.21. The van der Waals surface area contributed by atoms with Crippen LogP contribution in [0, 0.1) is 0 Å². The number of aliphatic imine (C=N–C) groups is 1. The summed E-state index contributed by atoms with van der Waals surface area (Å²) < 4.78 is 0. The number of aromatic nitrogens is 1. The SMILES string of the molecule is Oc1ccccc1-c1cccc(C=Nc2cc3ccccc3c3cccc(O)c23)n1.[Pt]. The Labute approximate surface area is 193 Å². The van der Waals surface area contributed by atoms with Gasteiger partial charge in [-0.3, -0.25) is 4.99 Å². The molecule has 4 aromatic carbocycles. The smallest absolute Gasteiger partial charge is 0.125 e. The normalized spacial score (nSPS) is 11.1. The van der Waals surface area contributed by atoms with E-state index in [0.29, 0.717) is 28.0 Å². The van der Waals surface area contributed by atoms with E-state index in [4.69, 9.17) is 0 Å². The molecule has 5 rings (SSSR count). The van der Waals surface area contributed by atoms with Gasteiger partial charge in [0.1, 0.15) is 11.5 Å². The average molecular weight is 586 g/mol. The fourth-order valence-electron chi connectivity index (χ4n) is 3.72. The summed E-state index contributed by atoms with van der Waals surface area (Å²) in [7, 11) is 0. The van der Waals surface area contributed by atoms with Crippen molar-refractivity contribution in [2.24, 2.45) is 4.99 Å². The Balaban J connectivity index is 0.00000231. The Morgan fingerprint density at radius 3 is 2.29 bits per heavy atom. The quantitative estimate of drug-likeness (QED) is 0.195. The molecule has 0 aliphatic heterocycles. The van der Waals surface area contributed by atoms with Gasteiger partial charge in [-0.1, -0.05) is 54.6 Å². The van der Waals surface area contributed by atoms with E-state index in [9.17, 15) is 10.2 Å². The van der Waals surface area contributed by atoms with Crippen molar-refractivity contribution in [1.29, 1.82) is 0 Å². The molecule has 0 aliphatic carbocycles. The molecule has 0 saturated heterocycles. The van der Waals surface area contributed by atoms with Crippen molar-refractivity contribution < 1.29 is 31.3 Å². The maximum absolute atomic E-state index is 10.5. The van der Waals surface area contributed by atoms with Crippen LogP contribution in [0.25, 0.3) is 32.8 Å². The van der Waals surface area contributed by atoms with Crippen LogP contribution in [0.3, 0.4) is 0 Å². The Morgan fingerprint density at radius 1 is 0.710 bits per heavy atom. The number of aromatic hydroxyl groups is 2. The van der Waals surface area contributed by atoms with Crippen molar-refractivity contribution in [2.45, 2.75) is 0 Å². The molecule has 0 aliphatic rings. The number of phenolic OH excluding ortho intramolecular Hbond substituents is 2. The van der Waals surface area contributed by atoms with Crippen LogP contribution in [0.2, 0.25) is 0 Å². The van der Waals surface area contributed by atoms with Gasteiger partial charge in [0.15, 0.2) is 0 Å². The zero-order valence-electron chi connectivity index (χ0n) is 16.3. The third-order valence-corrected chi connectivity index (χ3v) is 5.13. The number of para-hydroxylation sites is 1. The van der Waals surface area contributed by atoms with E-state index in [2.05, 4.69) is 9.98 Å². The van der Waals surface area contributed by atoms with Crippen LogP contribution < -0.4 is 0 Å². The average Bonchev–Trinajstić information content (AvgIpc) is 2.78. The van der Waals surface area contributed by atoms with Crippen molar-refractivity contribution >= 4 is 33.4 Å². The van der Waals surface area contributed by atoms with Gasteiger partial charge in [-0.25, -0.2) is 4.98 Å². The molecule has 31 heavy (non-hydrogen) atoms. The molecule has 0 spiro atoms. The van der Waals surface area contributed by atoms with Gasteiger partial charge >= 0.3 is 0 Å². The monoisotopic (exact) mass is 585 g/mol. The molecule has 154 valence electrons. The molecule has 0 unspecified atom stereocenters. The fraction of sp³-hybridized carbons (Fsp3) is 0. The molecule has 4 nitrogen and oxygen atoms in total. The first-order valence-electron chi connectivity index (χ1n) is 9.63. The maximum atomic E-state index is 10.5. The molecule has 1 heterocycles. The Hall–Kier alpha value is -3.49. The number of rotatable bonds is 3. The summed E-state index contributed by atoms with van der Waals surface area (Å²) in [6.07, 6.45) is 1.68. The molecule has 0 amide bonds. The molecule has 0 saturated carbocycles. The van der Waals surface area contributed by atoms with Crippen LogP contribution in [-0.2, 0) is 21.1 Å². The molecule has 0 radical (unpaired) electrons. The van der Waals surface area contributed by atoms with E-state index < -0.39 is 0 Å². The van der Waals surface area contributed by atoms with Crippen LogP contribution in [0.15, 0.2) is 96.0 Å². The minimum Gasteiger partial charge on any atom is -0.507 e. The molecule has 5 heteroatoms. The van der Waals surface area contributed by atoms with E-state index in [1.807, 2.05) is 72.8 Å². The fourth-order valence-corrected chi connectivity index (χ4v) is 3.72. The summed E-state index contributed by atoms with van der Waals surface area (Å²) in [5.41, 5.74) is 2.67. The van der Waals surface area contributed by atoms with Crippen LogP contribution in [0.5, 0.6) is 11.5 Å². The second-order valence-corrected chi connectivity index (χ2v) is 7.04. The van der Waals surface area contributed by atoms with Crippen molar-refractivity contribution in [2.75, 3.05) is 0 Å². The number of pyridine rings is 1. The Bertz CT molecular complexity index is 1430. The van der Waals surface area contributed by atoms with E-state index in [-0.39, 0.29) is 32.6 Å².